The molecule has 0 aromatic carbocycles. The van der Waals surface area contributed by atoms with Gasteiger partial charge in [-0.15, -0.1) is 0 Å². The van der Waals surface area contributed by atoms with E-state index in [-0.39, 0.29) is 11.8 Å². The second-order valence-electron chi connectivity index (χ2n) is 10.7. The molecule has 0 spiro atoms. The van der Waals surface area contributed by atoms with Crippen molar-refractivity contribution in [2.24, 2.45) is 5.92 Å². The number of nitrogens with one attached hydrogen (secondary N) is 1. The minimum absolute atomic E-state index is 0.145. The van der Waals surface area contributed by atoms with Crippen molar-refractivity contribution < 1.29 is 4.79 Å². The quantitative estimate of drug-likeness (QED) is 0.509. The smallest absolute Gasteiger partial charge is 0.227 e. The lowest BCUT2D eigenvalue weighted by Gasteiger charge is -2.24. The van der Waals surface area contributed by atoms with E-state index in [9.17, 15) is 4.79 Å². The van der Waals surface area contributed by atoms with Crippen LogP contribution < -0.4 is 5.32 Å². The van der Waals surface area contributed by atoms with E-state index in [0.29, 0.717) is 5.92 Å². The maximum absolute atomic E-state index is 13.5. The third-order valence-electron chi connectivity index (χ3n) is 8.10. The van der Waals surface area contributed by atoms with Gasteiger partial charge >= 0.3 is 0 Å². The van der Waals surface area contributed by atoms with Gasteiger partial charge in [0.15, 0.2) is 0 Å². The summed E-state index contributed by atoms with van der Waals surface area (Å²) in [5.74, 6) is 0.876. The molecule has 0 bridgehead atoms. The van der Waals surface area contributed by atoms with E-state index < -0.39 is 0 Å². The van der Waals surface area contributed by atoms with E-state index in [1.807, 2.05) is 16.9 Å². The molecule has 0 aliphatic heterocycles. The highest BCUT2D eigenvalue weighted by Crippen LogP contribution is 2.37. The average Bonchev–Trinajstić information content (AvgIpc) is 3.28. The van der Waals surface area contributed by atoms with Crippen molar-refractivity contribution in [3.63, 3.8) is 0 Å². The zero-order chi connectivity index (χ0) is 22.7. The molecule has 2 aromatic rings. The van der Waals surface area contributed by atoms with Crippen LogP contribution in [-0.4, -0.2) is 15.5 Å². The lowest BCUT2D eigenvalue weighted by atomic mass is 9.87. The Morgan fingerprint density at radius 2 is 1.27 bits per heavy atom. The third-order valence-corrected chi connectivity index (χ3v) is 8.10. The Bertz CT molecular complexity index is 836. The van der Waals surface area contributed by atoms with Gasteiger partial charge in [-0.25, -0.2) is 4.52 Å². The predicted molar refractivity (Wildman–Crippen MR) is 138 cm³/mol. The Morgan fingerprint density at radius 1 is 0.758 bits per heavy atom. The highest BCUT2D eigenvalue weighted by Gasteiger charge is 2.24. The van der Waals surface area contributed by atoms with Crippen molar-refractivity contribution in [1.29, 1.82) is 0 Å². The summed E-state index contributed by atoms with van der Waals surface area (Å²) in [5, 5.41) is 8.05. The first kappa shape index (κ1) is 24.3. The normalized spacial score (nSPS) is 21.3. The molecule has 0 unspecified atom stereocenters. The van der Waals surface area contributed by atoms with Gasteiger partial charge in [0.25, 0.3) is 0 Å². The standard InChI is InChI=1S/C29H45N3O/c33-29(25-19-14-10-6-3-7-11-15-20-25)31-26-23-30-32-22-16-21-27(32)28(26)24-17-12-8-4-1-2-5-9-13-18-24/h16,21-25H,1-15,17-20H2,(H,31,33). The van der Waals surface area contributed by atoms with Gasteiger partial charge in [0, 0.05) is 17.7 Å². The van der Waals surface area contributed by atoms with E-state index in [0.717, 1.165) is 18.5 Å². The van der Waals surface area contributed by atoms with Crippen LogP contribution in [0.2, 0.25) is 0 Å². The van der Waals surface area contributed by atoms with Gasteiger partial charge in [0.2, 0.25) is 5.91 Å². The zero-order valence-electron chi connectivity index (χ0n) is 20.7. The molecule has 0 atom stereocenters. The first-order valence-electron chi connectivity index (χ1n) is 14.1. The van der Waals surface area contributed by atoms with Gasteiger partial charge < -0.3 is 5.32 Å². The Balaban J connectivity index is 1.55. The summed E-state index contributed by atoms with van der Waals surface area (Å²) in [4.78, 5) is 13.5. The van der Waals surface area contributed by atoms with Crippen LogP contribution in [0, 0.1) is 5.92 Å². The molecule has 2 aliphatic rings. The van der Waals surface area contributed by atoms with Crippen molar-refractivity contribution in [3.05, 3.63) is 30.1 Å². The van der Waals surface area contributed by atoms with Crippen LogP contribution in [0.3, 0.4) is 0 Å². The summed E-state index contributed by atoms with van der Waals surface area (Å²) in [7, 11) is 0. The summed E-state index contributed by atoms with van der Waals surface area (Å²) >= 11 is 0. The molecular weight excluding hydrogens is 406 g/mol. The van der Waals surface area contributed by atoms with Crippen molar-refractivity contribution in [3.8, 4) is 0 Å². The number of hydrogen-bond donors (Lipinski definition) is 1. The second-order valence-corrected chi connectivity index (χ2v) is 10.7. The Labute approximate surface area is 200 Å². The molecule has 4 heteroatoms. The maximum atomic E-state index is 13.5. The number of carbonyl (C=O) groups excluding carboxylic acids is 1. The first-order valence-corrected chi connectivity index (χ1v) is 14.1. The molecule has 0 radical (unpaired) electrons. The SMILES string of the molecule is O=C(Nc1cnn2cccc2c1C1CCCCCCCCCC1)C1CCCCCCCCC1. The van der Waals surface area contributed by atoms with Crippen molar-refractivity contribution in [1.82, 2.24) is 9.61 Å². The van der Waals surface area contributed by atoms with Crippen LogP contribution in [0.25, 0.3) is 5.52 Å². The summed E-state index contributed by atoms with van der Waals surface area (Å²) < 4.78 is 2.00. The molecule has 1 N–H and O–H groups in total. The number of rotatable bonds is 3. The molecule has 2 aliphatic carbocycles. The fourth-order valence-corrected chi connectivity index (χ4v) is 6.12. The average molecular weight is 452 g/mol. The minimum atomic E-state index is 0.145. The second kappa shape index (κ2) is 13.2. The minimum Gasteiger partial charge on any atom is -0.324 e. The fourth-order valence-electron chi connectivity index (χ4n) is 6.12. The lowest BCUT2D eigenvalue weighted by molar-refractivity contribution is -0.120. The van der Waals surface area contributed by atoms with Gasteiger partial charge in [-0.3, -0.25) is 4.79 Å². The molecule has 4 nitrogen and oxygen atoms in total. The Morgan fingerprint density at radius 3 is 1.85 bits per heavy atom. The number of hydrogen-bond acceptors (Lipinski definition) is 2. The highest BCUT2D eigenvalue weighted by atomic mass is 16.1. The zero-order valence-corrected chi connectivity index (χ0v) is 20.7. The van der Waals surface area contributed by atoms with Crippen molar-refractivity contribution >= 4 is 17.1 Å². The molecular formula is C29H45N3O. The van der Waals surface area contributed by atoms with Gasteiger partial charge in [0.1, 0.15) is 0 Å². The number of carbonyl (C=O) groups is 1. The summed E-state index contributed by atoms with van der Waals surface area (Å²) in [6.45, 7) is 0. The third kappa shape index (κ3) is 7.07. The maximum Gasteiger partial charge on any atom is 0.227 e. The van der Waals surface area contributed by atoms with Gasteiger partial charge in [0.05, 0.1) is 17.4 Å². The topological polar surface area (TPSA) is 46.4 Å². The Kier molecular flexibility index (Phi) is 9.68. The fraction of sp³-hybridized carbons (Fsp3) is 0.724. The molecule has 2 aromatic heterocycles. The number of aromatic nitrogens is 2. The molecule has 33 heavy (non-hydrogen) atoms. The number of fused-ring (bicyclic) bond motifs is 1. The van der Waals surface area contributed by atoms with E-state index in [4.69, 9.17) is 0 Å². The van der Waals surface area contributed by atoms with Crippen LogP contribution in [0.1, 0.15) is 133 Å². The summed E-state index contributed by atoms with van der Waals surface area (Å²) in [6, 6.07) is 4.27. The molecule has 1 amide bonds. The molecule has 2 heterocycles. The van der Waals surface area contributed by atoms with E-state index in [1.165, 1.54) is 120 Å². The van der Waals surface area contributed by atoms with E-state index >= 15 is 0 Å². The molecule has 0 saturated heterocycles. The molecule has 4 rings (SSSR count). The van der Waals surface area contributed by atoms with Crippen molar-refractivity contribution in [2.75, 3.05) is 5.32 Å². The van der Waals surface area contributed by atoms with Crippen LogP contribution in [-0.2, 0) is 4.79 Å². The summed E-state index contributed by atoms with van der Waals surface area (Å²) in [6.07, 6.45) is 28.2. The first-order chi connectivity index (χ1) is 16.3. The largest absolute Gasteiger partial charge is 0.324 e. The summed E-state index contributed by atoms with van der Waals surface area (Å²) in [5.41, 5.74) is 3.49. The molecule has 2 saturated carbocycles. The van der Waals surface area contributed by atoms with Gasteiger partial charge in [-0.1, -0.05) is 96.3 Å². The van der Waals surface area contributed by atoms with Crippen LogP contribution >= 0.6 is 0 Å². The highest BCUT2D eigenvalue weighted by molar-refractivity contribution is 5.94. The number of nitrogens with zero attached hydrogens (tertiary/aromatic N) is 2. The molecule has 182 valence electrons. The van der Waals surface area contributed by atoms with E-state index in [2.05, 4.69) is 22.5 Å². The monoisotopic (exact) mass is 451 g/mol. The van der Waals surface area contributed by atoms with E-state index in [1.54, 1.807) is 0 Å². The number of anilines is 1. The van der Waals surface area contributed by atoms with Gasteiger partial charge in [-0.05, 0) is 43.7 Å². The van der Waals surface area contributed by atoms with Crippen LogP contribution in [0.4, 0.5) is 5.69 Å². The number of amides is 1. The van der Waals surface area contributed by atoms with Crippen molar-refractivity contribution in [2.45, 2.75) is 128 Å². The van der Waals surface area contributed by atoms with Gasteiger partial charge in [-0.2, -0.15) is 5.10 Å². The predicted octanol–water partition coefficient (Wildman–Crippen LogP) is 8.41. The Hall–Kier alpha value is -1.84. The molecule has 2 fully saturated rings. The van der Waals surface area contributed by atoms with Crippen LogP contribution in [0.5, 0.6) is 0 Å². The lowest BCUT2D eigenvalue weighted by Crippen LogP contribution is -2.24. The van der Waals surface area contributed by atoms with Crippen LogP contribution in [0.15, 0.2) is 24.5 Å².